The quantitative estimate of drug-likeness (QED) is 0.795. The first-order valence-electron chi connectivity index (χ1n) is 9.82. The molecule has 1 aromatic rings. The van der Waals surface area contributed by atoms with E-state index in [4.69, 9.17) is 4.99 Å². The standard InChI is InChI=1S/C20H27N5O3/c1-22-18-16(19(27)23(2)20(22)28)25(13-15(26)12-24-10-6-7-11-24)17(21-18)14-8-4-3-5-9-14/h3-5,8-9,15-16,18,26H,6-7,10-13H2,1-2H3. The van der Waals surface area contributed by atoms with Crippen LogP contribution in [0.25, 0.3) is 0 Å². The zero-order valence-corrected chi connectivity index (χ0v) is 16.4. The summed E-state index contributed by atoms with van der Waals surface area (Å²) in [6, 6.07) is 8.66. The molecule has 2 saturated heterocycles. The molecule has 0 aromatic heterocycles. The average Bonchev–Trinajstić information content (AvgIpc) is 3.33. The van der Waals surface area contributed by atoms with Crippen molar-refractivity contribution >= 4 is 17.8 Å². The molecule has 150 valence electrons. The van der Waals surface area contributed by atoms with Gasteiger partial charge in [-0.3, -0.25) is 9.69 Å². The summed E-state index contributed by atoms with van der Waals surface area (Å²) in [6.07, 6.45) is 1.14. The Bertz CT molecular complexity index is 777. The Morgan fingerprint density at radius 3 is 2.46 bits per heavy atom. The number of likely N-dealkylation sites (N-methyl/N-ethyl adjacent to an activating group) is 2. The molecule has 0 spiro atoms. The molecule has 0 aliphatic carbocycles. The summed E-state index contributed by atoms with van der Waals surface area (Å²) in [5, 5.41) is 10.8. The van der Waals surface area contributed by atoms with Crippen molar-refractivity contribution in [1.29, 1.82) is 0 Å². The maximum absolute atomic E-state index is 12.9. The van der Waals surface area contributed by atoms with E-state index >= 15 is 0 Å². The fourth-order valence-electron chi connectivity index (χ4n) is 4.34. The molecule has 1 aromatic carbocycles. The van der Waals surface area contributed by atoms with Crippen LogP contribution in [0.15, 0.2) is 35.3 Å². The molecule has 8 nitrogen and oxygen atoms in total. The highest BCUT2D eigenvalue weighted by Crippen LogP contribution is 2.29. The molecule has 3 aliphatic rings. The van der Waals surface area contributed by atoms with E-state index in [0.717, 1.165) is 36.4 Å². The number of imide groups is 1. The van der Waals surface area contributed by atoms with Crippen LogP contribution in [0.3, 0.4) is 0 Å². The summed E-state index contributed by atoms with van der Waals surface area (Å²) in [7, 11) is 3.16. The van der Waals surface area contributed by atoms with Crippen molar-refractivity contribution in [3.8, 4) is 0 Å². The molecule has 3 unspecified atom stereocenters. The van der Waals surface area contributed by atoms with Gasteiger partial charge < -0.3 is 19.8 Å². The van der Waals surface area contributed by atoms with Crippen LogP contribution in [-0.2, 0) is 4.79 Å². The van der Waals surface area contributed by atoms with Crippen LogP contribution < -0.4 is 0 Å². The Balaban J connectivity index is 1.63. The number of aliphatic hydroxyl groups excluding tert-OH is 1. The van der Waals surface area contributed by atoms with Gasteiger partial charge in [-0.15, -0.1) is 0 Å². The number of nitrogens with zero attached hydrogens (tertiary/aromatic N) is 5. The Kier molecular flexibility index (Phi) is 5.07. The smallest absolute Gasteiger partial charge is 0.328 e. The second-order valence-corrected chi connectivity index (χ2v) is 7.78. The van der Waals surface area contributed by atoms with Crippen molar-refractivity contribution in [3.05, 3.63) is 35.9 Å². The van der Waals surface area contributed by atoms with E-state index in [1.807, 2.05) is 35.2 Å². The second-order valence-electron chi connectivity index (χ2n) is 7.78. The molecule has 0 bridgehead atoms. The van der Waals surface area contributed by atoms with Crippen molar-refractivity contribution in [2.24, 2.45) is 4.99 Å². The zero-order valence-electron chi connectivity index (χ0n) is 16.4. The van der Waals surface area contributed by atoms with E-state index in [9.17, 15) is 14.7 Å². The van der Waals surface area contributed by atoms with Crippen LogP contribution in [0, 0.1) is 0 Å². The third kappa shape index (κ3) is 3.27. The highest BCUT2D eigenvalue weighted by molar-refractivity contribution is 6.08. The molecule has 0 saturated carbocycles. The highest BCUT2D eigenvalue weighted by atomic mass is 16.3. The SMILES string of the molecule is CN1C(=O)C2C(N=C(c3ccccc3)N2CC(O)CN2CCCC2)N(C)C1=O. The van der Waals surface area contributed by atoms with Gasteiger partial charge in [-0.25, -0.2) is 9.79 Å². The lowest BCUT2D eigenvalue weighted by atomic mass is 10.1. The number of benzene rings is 1. The first-order valence-corrected chi connectivity index (χ1v) is 9.82. The molecule has 4 rings (SSSR count). The number of urea groups is 1. The molecule has 3 heterocycles. The summed E-state index contributed by atoms with van der Waals surface area (Å²) in [5.41, 5.74) is 0.876. The minimum atomic E-state index is -0.615. The molecule has 28 heavy (non-hydrogen) atoms. The Hall–Kier alpha value is -2.45. The van der Waals surface area contributed by atoms with Crippen LogP contribution in [0.5, 0.6) is 0 Å². The Morgan fingerprint density at radius 1 is 1.11 bits per heavy atom. The van der Waals surface area contributed by atoms with Gasteiger partial charge in [0.1, 0.15) is 5.84 Å². The maximum atomic E-state index is 12.9. The molecule has 3 atom stereocenters. The number of carbonyl (C=O) groups excluding carboxylic acids is 2. The van der Waals surface area contributed by atoms with Gasteiger partial charge in [-0.05, 0) is 25.9 Å². The van der Waals surface area contributed by atoms with Crippen LogP contribution in [0.1, 0.15) is 18.4 Å². The number of hydrogen-bond donors (Lipinski definition) is 1. The first kappa shape index (κ1) is 18.9. The van der Waals surface area contributed by atoms with Crippen LogP contribution in [0.2, 0.25) is 0 Å². The first-order chi connectivity index (χ1) is 13.5. The summed E-state index contributed by atoms with van der Waals surface area (Å²) in [4.78, 5) is 36.8. The van der Waals surface area contributed by atoms with Crippen molar-refractivity contribution in [2.75, 3.05) is 40.3 Å². The molecule has 8 heteroatoms. The average molecular weight is 385 g/mol. The maximum Gasteiger partial charge on any atom is 0.328 e. The van der Waals surface area contributed by atoms with E-state index < -0.39 is 18.3 Å². The highest BCUT2D eigenvalue weighted by Gasteiger charge is 2.51. The second kappa shape index (κ2) is 7.52. The lowest BCUT2D eigenvalue weighted by Gasteiger charge is -2.40. The van der Waals surface area contributed by atoms with Crippen molar-refractivity contribution in [2.45, 2.75) is 31.2 Å². The number of β-amino-alcohol motifs (C(OH)–C–C–N with tert-alkyl or cyclic N) is 1. The topological polar surface area (TPSA) is 79.7 Å². The van der Waals surface area contributed by atoms with Gasteiger partial charge in [-0.1, -0.05) is 30.3 Å². The number of fused-ring (bicyclic) bond motifs is 1. The Labute approximate surface area is 165 Å². The number of amidine groups is 1. The fourth-order valence-corrected chi connectivity index (χ4v) is 4.34. The monoisotopic (exact) mass is 385 g/mol. The van der Waals surface area contributed by atoms with Crippen LogP contribution in [-0.4, -0.2) is 101 Å². The number of amides is 3. The molecule has 1 N–H and O–H groups in total. The molecule has 3 amide bonds. The number of hydrogen-bond acceptors (Lipinski definition) is 6. The van der Waals surface area contributed by atoms with Crippen molar-refractivity contribution in [1.82, 2.24) is 19.6 Å². The van der Waals surface area contributed by atoms with E-state index in [1.165, 1.54) is 11.9 Å². The van der Waals surface area contributed by atoms with E-state index in [1.54, 1.807) is 7.05 Å². The minimum Gasteiger partial charge on any atom is -0.390 e. The number of aliphatic imine (C=N–C) groups is 1. The van der Waals surface area contributed by atoms with Crippen molar-refractivity contribution in [3.63, 3.8) is 0 Å². The summed E-state index contributed by atoms with van der Waals surface area (Å²) in [5.74, 6) is 0.371. The summed E-state index contributed by atoms with van der Waals surface area (Å²) >= 11 is 0. The molecular weight excluding hydrogens is 358 g/mol. The Morgan fingerprint density at radius 2 is 1.79 bits per heavy atom. The fraction of sp³-hybridized carbons (Fsp3) is 0.550. The number of rotatable bonds is 5. The summed E-state index contributed by atoms with van der Waals surface area (Å²) < 4.78 is 0. The zero-order chi connectivity index (χ0) is 19.8. The van der Waals surface area contributed by atoms with Gasteiger partial charge in [0, 0.05) is 32.7 Å². The van der Waals surface area contributed by atoms with Gasteiger partial charge >= 0.3 is 6.03 Å². The third-order valence-electron chi connectivity index (χ3n) is 5.82. The van der Waals surface area contributed by atoms with Gasteiger partial charge in [0.25, 0.3) is 5.91 Å². The van der Waals surface area contributed by atoms with E-state index in [0.29, 0.717) is 18.9 Å². The van der Waals surface area contributed by atoms with Gasteiger partial charge in [0.2, 0.25) is 0 Å². The number of aliphatic hydroxyl groups is 1. The molecular formula is C20H27N5O3. The van der Waals surface area contributed by atoms with Gasteiger partial charge in [0.15, 0.2) is 12.2 Å². The van der Waals surface area contributed by atoms with E-state index in [-0.39, 0.29) is 11.9 Å². The third-order valence-corrected chi connectivity index (χ3v) is 5.82. The summed E-state index contributed by atoms with van der Waals surface area (Å²) in [6.45, 7) is 2.88. The molecule has 2 fully saturated rings. The predicted octanol–water partition coefficient (Wildman–Crippen LogP) is 0.424. The normalized spacial score (nSPS) is 26.7. The van der Waals surface area contributed by atoms with Gasteiger partial charge in [-0.2, -0.15) is 0 Å². The van der Waals surface area contributed by atoms with Crippen LogP contribution >= 0.6 is 0 Å². The number of likely N-dealkylation sites (tertiary alicyclic amines) is 1. The molecule has 3 aliphatic heterocycles. The lowest BCUT2D eigenvalue weighted by Crippen LogP contribution is -2.64. The van der Waals surface area contributed by atoms with E-state index in [2.05, 4.69) is 4.90 Å². The van der Waals surface area contributed by atoms with Crippen molar-refractivity contribution < 1.29 is 14.7 Å². The van der Waals surface area contributed by atoms with Crippen LogP contribution in [0.4, 0.5) is 4.79 Å². The van der Waals surface area contributed by atoms with Gasteiger partial charge in [0.05, 0.1) is 6.10 Å². The number of carbonyl (C=O) groups is 2. The molecule has 0 radical (unpaired) electrons. The lowest BCUT2D eigenvalue weighted by molar-refractivity contribution is -0.136. The largest absolute Gasteiger partial charge is 0.390 e. The predicted molar refractivity (Wildman–Crippen MR) is 105 cm³/mol. The minimum absolute atomic E-state index is 0.281.